The fourth-order valence-corrected chi connectivity index (χ4v) is 9.39. The van der Waals surface area contributed by atoms with Crippen LogP contribution in [0.25, 0.3) is 117 Å². The molecule has 4 aromatic heterocycles. The fourth-order valence-electron chi connectivity index (χ4n) is 9.39. The fraction of sp³-hybridized carbons (Fsp3) is 0. The summed E-state index contributed by atoms with van der Waals surface area (Å²) in [5.41, 5.74) is 10.2. The molecule has 0 atom stereocenters. The molecular formula is C57H36N5O+. The number of nitrogens with zero attached hydrogens (tertiary/aromatic N) is 5. The molecule has 13 rings (SSSR count). The first-order valence-electron chi connectivity index (χ1n) is 23.3. The van der Waals surface area contributed by atoms with Gasteiger partial charge in [-0.3, -0.25) is 0 Å². The van der Waals surface area contributed by atoms with Gasteiger partial charge in [-0.2, -0.15) is 4.57 Å². The van der Waals surface area contributed by atoms with E-state index in [-0.39, 0.29) is 11.5 Å². The number of benzene rings is 9. The van der Waals surface area contributed by atoms with Crippen LogP contribution in [0.1, 0.15) is 6.85 Å². The van der Waals surface area contributed by atoms with E-state index in [1.165, 1.54) is 10.9 Å². The van der Waals surface area contributed by atoms with Crippen molar-refractivity contribution in [1.29, 1.82) is 0 Å². The second-order valence-corrected chi connectivity index (χ2v) is 15.7. The summed E-state index contributed by atoms with van der Waals surface area (Å²) in [6, 6.07) is 59.7. The van der Waals surface area contributed by atoms with Crippen LogP contribution in [0.4, 0.5) is 0 Å². The molecule has 0 bridgehead atoms. The van der Waals surface area contributed by atoms with E-state index in [1.54, 1.807) is 0 Å². The molecule has 9 aromatic carbocycles. The lowest BCUT2D eigenvalue weighted by Crippen LogP contribution is -2.36. The van der Waals surface area contributed by atoms with Crippen molar-refractivity contribution in [2.45, 2.75) is 0 Å². The first kappa shape index (κ1) is 30.4. The van der Waals surface area contributed by atoms with Gasteiger partial charge >= 0.3 is 5.95 Å². The summed E-state index contributed by atoms with van der Waals surface area (Å²) in [4.78, 5) is 10.5. The predicted molar refractivity (Wildman–Crippen MR) is 256 cm³/mol. The summed E-state index contributed by atoms with van der Waals surface area (Å²) in [6.45, 7) is 0. The maximum Gasteiger partial charge on any atom is 0.387 e. The zero-order valence-corrected chi connectivity index (χ0v) is 33.5. The van der Waals surface area contributed by atoms with Crippen molar-refractivity contribution in [1.82, 2.24) is 19.1 Å². The number of aromatic nitrogens is 5. The van der Waals surface area contributed by atoms with Gasteiger partial charge in [-0.15, -0.1) is 0 Å². The van der Waals surface area contributed by atoms with Crippen molar-refractivity contribution < 1.29 is 15.8 Å². The maximum absolute atomic E-state index is 9.26. The van der Waals surface area contributed by atoms with E-state index < -0.39 is 30.2 Å². The summed E-state index contributed by atoms with van der Waals surface area (Å²) in [6.07, 6.45) is 1.52. The van der Waals surface area contributed by atoms with Crippen molar-refractivity contribution in [2.75, 3.05) is 0 Å². The largest absolute Gasteiger partial charge is 0.455 e. The highest BCUT2D eigenvalue weighted by atomic mass is 16.3. The molecule has 13 aromatic rings. The Labute approximate surface area is 368 Å². The second kappa shape index (κ2) is 14.0. The van der Waals surface area contributed by atoms with E-state index in [2.05, 4.69) is 95.6 Å². The van der Waals surface area contributed by atoms with Crippen LogP contribution in [0.3, 0.4) is 0 Å². The van der Waals surface area contributed by atoms with Crippen LogP contribution in [0.2, 0.25) is 0 Å². The first-order chi connectivity index (χ1) is 33.3. The molecule has 4 heterocycles. The number of fused-ring (bicyclic) bond motifs is 9. The van der Waals surface area contributed by atoms with Gasteiger partial charge in [0.05, 0.1) is 34.5 Å². The monoisotopic (exact) mass is 811 g/mol. The normalized spacial score (nSPS) is 12.9. The van der Waals surface area contributed by atoms with Crippen LogP contribution >= 0.6 is 0 Å². The molecule has 0 saturated carbocycles. The molecule has 0 radical (unpaired) electrons. The lowest BCUT2D eigenvalue weighted by Gasteiger charge is -2.12. The molecular weight excluding hydrogens is 771 g/mol. The van der Waals surface area contributed by atoms with Gasteiger partial charge in [0.25, 0.3) is 5.82 Å². The number of hydrogen-bond donors (Lipinski definition) is 0. The molecule has 6 nitrogen and oxygen atoms in total. The molecule has 0 aliphatic rings. The van der Waals surface area contributed by atoms with Crippen LogP contribution in [0.15, 0.2) is 223 Å². The Morgan fingerprint density at radius 3 is 1.75 bits per heavy atom. The van der Waals surface area contributed by atoms with Gasteiger partial charge < -0.3 is 8.98 Å². The average molecular weight is 812 g/mol. The number of para-hydroxylation sites is 5. The van der Waals surface area contributed by atoms with Gasteiger partial charge in [0.15, 0.2) is 0 Å². The minimum atomic E-state index is -0.495. The highest BCUT2D eigenvalue weighted by Crippen LogP contribution is 2.43. The number of furan rings is 1. The third-order valence-corrected chi connectivity index (χ3v) is 12.2. The highest BCUT2D eigenvalue weighted by molar-refractivity contribution is 6.15. The van der Waals surface area contributed by atoms with Crippen molar-refractivity contribution in [2.24, 2.45) is 0 Å². The Kier molecular flexibility index (Phi) is 6.75. The lowest BCUT2D eigenvalue weighted by molar-refractivity contribution is -0.590. The summed E-state index contributed by atoms with van der Waals surface area (Å²) >= 11 is 0. The molecule has 6 heteroatoms. The predicted octanol–water partition coefficient (Wildman–Crippen LogP) is 13.8. The smallest absolute Gasteiger partial charge is 0.387 e. The van der Waals surface area contributed by atoms with Gasteiger partial charge in [0.2, 0.25) is 6.33 Å². The molecule has 63 heavy (non-hydrogen) atoms. The Balaban J connectivity index is 1.17. The summed E-state index contributed by atoms with van der Waals surface area (Å²) in [7, 11) is 0. The van der Waals surface area contributed by atoms with Crippen molar-refractivity contribution in [3.8, 4) is 51.0 Å². The molecule has 0 amide bonds. The zero-order valence-electron chi connectivity index (χ0n) is 38.5. The van der Waals surface area contributed by atoms with Crippen molar-refractivity contribution in [3.05, 3.63) is 219 Å². The molecule has 0 fully saturated rings. The summed E-state index contributed by atoms with van der Waals surface area (Å²) in [5, 5.41) is 5.89. The van der Waals surface area contributed by atoms with Crippen molar-refractivity contribution >= 4 is 65.6 Å². The van der Waals surface area contributed by atoms with Crippen LogP contribution in [0, 0.1) is 0 Å². The lowest BCUT2D eigenvalue weighted by atomic mass is 10.0. The SMILES string of the molecule is [2H]c1c([2H])c([2H])c(-[n+]2cnc(-n3c4ccccc4c4cc(-c5ccccc5)ccc43)nc2-c2cc(-n3c4ccccc4c4ccccc43)cc3c2oc2c(-c4ccccc4)cccc23)c([2H])c1[2H]. The molecule has 0 aliphatic heterocycles. The van der Waals surface area contributed by atoms with Gasteiger partial charge in [-0.05, 0) is 76.2 Å². The quantitative estimate of drug-likeness (QED) is 0.157. The summed E-state index contributed by atoms with van der Waals surface area (Å²) < 4.78 is 57.5. The minimum absolute atomic E-state index is 0.0937. The van der Waals surface area contributed by atoms with Gasteiger partial charge in [0, 0.05) is 43.6 Å². The maximum atomic E-state index is 9.26. The Bertz CT molecular complexity index is 4140. The van der Waals surface area contributed by atoms with Crippen LogP contribution in [0.5, 0.6) is 0 Å². The van der Waals surface area contributed by atoms with Crippen LogP contribution < -0.4 is 4.57 Å². The third-order valence-electron chi connectivity index (χ3n) is 12.2. The van der Waals surface area contributed by atoms with Crippen molar-refractivity contribution in [3.63, 3.8) is 0 Å². The standard InChI is InChI=1S/C57H36N5O/c1-4-17-37(18-5-1)39-31-32-53-47(33-39)45-25-12-15-30-52(45)62(53)57-58-36-60(40-21-8-3-9-22-40)56(59-57)49-35-41(61-50-28-13-10-23-43(50)44-24-11-14-29-51(44)61)34-48-46-27-16-26-42(54(46)63-55(48)49)38-19-6-2-7-20-38/h1-36H/q+1/i3D,8D,9D,21D,22D. The zero-order chi connectivity index (χ0) is 45.8. The first-order valence-corrected chi connectivity index (χ1v) is 20.8. The van der Waals surface area contributed by atoms with Crippen LogP contribution in [-0.2, 0) is 0 Å². The van der Waals surface area contributed by atoms with Gasteiger partial charge in [-0.1, -0.05) is 163 Å². The van der Waals surface area contributed by atoms with E-state index in [9.17, 15) is 2.74 Å². The molecule has 0 aliphatic carbocycles. The second-order valence-electron chi connectivity index (χ2n) is 15.7. The average Bonchev–Trinajstić information content (AvgIpc) is 4.05. The Hall–Kier alpha value is -8.61. The van der Waals surface area contributed by atoms with Gasteiger partial charge in [0.1, 0.15) is 16.9 Å². The van der Waals surface area contributed by atoms with Crippen LogP contribution in [-0.4, -0.2) is 19.1 Å². The van der Waals surface area contributed by atoms with E-state index in [4.69, 9.17) is 18.5 Å². The Morgan fingerprint density at radius 2 is 1.03 bits per heavy atom. The topological polar surface area (TPSA) is 52.7 Å². The molecule has 0 spiro atoms. The minimum Gasteiger partial charge on any atom is -0.455 e. The third kappa shape index (κ3) is 5.48. The molecule has 0 unspecified atom stereocenters. The highest BCUT2D eigenvalue weighted by Gasteiger charge is 2.28. The van der Waals surface area contributed by atoms with E-state index in [0.29, 0.717) is 22.7 Å². The molecule has 0 saturated heterocycles. The van der Waals surface area contributed by atoms with E-state index in [1.807, 2.05) is 95.6 Å². The number of rotatable bonds is 6. The van der Waals surface area contributed by atoms with E-state index in [0.717, 1.165) is 82.3 Å². The van der Waals surface area contributed by atoms with E-state index >= 15 is 0 Å². The number of hydrogen-bond acceptors (Lipinski definition) is 3. The molecule has 0 N–H and O–H groups in total. The Morgan fingerprint density at radius 1 is 0.444 bits per heavy atom. The summed E-state index contributed by atoms with van der Waals surface area (Å²) in [5.74, 6) is 0.576. The van der Waals surface area contributed by atoms with Gasteiger partial charge in [-0.25, -0.2) is 4.57 Å². The molecule has 294 valence electrons.